The predicted octanol–water partition coefficient (Wildman–Crippen LogP) is 2.78. The van der Waals surface area contributed by atoms with Crippen molar-refractivity contribution in [3.05, 3.63) is 65.7 Å². The van der Waals surface area contributed by atoms with Crippen LogP contribution in [0.1, 0.15) is 33.6 Å². The Morgan fingerprint density at radius 1 is 1.14 bits per heavy atom. The van der Waals surface area contributed by atoms with Gasteiger partial charge in [0.15, 0.2) is 5.69 Å². The second kappa shape index (κ2) is 8.05. The van der Waals surface area contributed by atoms with Crippen LogP contribution >= 0.6 is 0 Å². The van der Waals surface area contributed by atoms with Gasteiger partial charge in [0.25, 0.3) is 11.8 Å². The van der Waals surface area contributed by atoms with Gasteiger partial charge in [0.1, 0.15) is 0 Å². The maximum absolute atomic E-state index is 13.4. The molecule has 1 aliphatic rings. The normalized spacial score (nSPS) is 14.2. The fraction of sp³-hybridized carbons (Fsp3) is 0.318. The summed E-state index contributed by atoms with van der Waals surface area (Å²) in [5.74, 6) is -0.171. The molecular formula is C22H24N4O3. The molecular weight excluding hydrogens is 368 g/mol. The highest BCUT2D eigenvalue weighted by atomic mass is 16.5. The van der Waals surface area contributed by atoms with Crippen molar-refractivity contribution in [3.63, 3.8) is 0 Å². The molecule has 0 aliphatic carbocycles. The van der Waals surface area contributed by atoms with E-state index in [1.807, 2.05) is 56.3 Å². The summed E-state index contributed by atoms with van der Waals surface area (Å²) >= 11 is 0. The van der Waals surface area contributed by atoms with E-state index in [1.165, 1.54) is 0 Å². The van der Waals surface area contributed by atoms with Crippen LogP contribution in [0.5, 0.6) is 0 Å². The molecule has 0 bridgehead atoms. The van der Waals surface area contributed by atoms with Crippen LogP contribution in [-0.4, -0.2) is 58.9 Å². The summed E-state index contributed by atoms with van der Waals surface area (Å²) in [4.78, 5) is 34.4. The first-order valence-corrected chi connectivity index (χ1v) is 9.82. The second-order valence-corrected chi connectivity index (χ2v) is 7.03. The Kier molecular flexibility index (Phi) is 5.31. The van der Waals surface area contributed by atoms with Crippen LogP contribution < -0.4 is 4.90 Å². The van der Waals surface area contributed by atoms with Crippen LogP contribution in [0.3, 0.4) is 0 Å². The number of aryl methyl sites for hydroxylation is 1. The number of ether oxygens (including phenoxy) is 1. The lowest BCUT2D eigenvalue weighted by Gasteiger charge is -2.26. The van der Waals surface area contributed by atoms with E-state index in [0.29, 0.717) is 44.1 Å². The molecule has 0 N–H and O–H groups in total. The number of morpholine rings is 1. The van der Waals surface area contributed by atoms with Crippen molar-refractivity contribution in [2.75, 3.05) is 37.7 Å². The third kappa shape index (κ3) is 3.61. The van der Waals surface area contributed by atoms with E-state index in [-0.39, 0.29) is 17.6 Å². The summed E-state index contributed by atoms with van der Waals surface area (Å²) < 4.78 is 7.04. The SMILES string of the molecule is CCN(C(=O)c1nc(C(=O)N2CCOCC2)c2ccccn12)c1cccc(C)c1. The molecule has 29 heavy (non-hydrogen) atoms. The minimum atomic E-state index is -0.236. The van der Waals surface area contributed by atoms with Gasteiger partial charge in [0, 0.05) is 31.5 Å². The van der Waals surface area contributed by atoms with Gasteiger partial charge in [-0.2, -0.15) is 0 Å². The average molecular weight is 392 g/mol. The fourth-order valence-electron chi connectivity index (χ4n) is 3.62. The minimum Gasteiger partial charge on any atom is -0.378 e. The molecule has 0 atom stereocenters. The standard InChI is InChI=1S/C22H24N4O3/c1-3-25(17-8-6-7-16(2)15-17)22(28)20-23-19(18-9-4-5-10-26(18)20)21(27)24-11-13-29-14-12-24/h4-10,15H,3,11-14H2,1-2H3. The van der Waals surface area contributed by atoms with Gasteiger partial charge in [0.2, 0.25) is 5.82 Å². The summed E-state index contributed by atoms with van der Waals surface area (Å²) in [5, 5.41) is 0. The highest BCUT2D eigenvalue weighted by Crippen LogP contribution is 2.21. The minimum absolute atomic E-state index is 0.172. The third-order valence-electron chi connectivity index (χ3n) is 5.12. The molecule has 150 valence electrons. The number of hydrogen-bond donors (Lipinski definition) is 0. The molecule has 0 spiro atoms. The number of benzene rings is 1. The number of anilines is 1. The van der Waals surface area contributed by atoms with E-state index >= 15 is 0 Å². The monoisotopic (exact) mass is 392 g/mol. The number of carbonyl (C=O) groups is 2. The van der Waals surface area contributed by atoms with Gasteiger partial charge in [-0.15, -0.1) is 0 Å². The van der Waals surface area contributed by atoms with Crippen LogP contribution in [-0.2, 0) is 4.74 Å². The van der Waals surface area contributed by atoms with E-state index in [0.717, 1.165) is 11.3 Å². The number of fused-ring (bicyclic) bond motifs is 1. The fourth-order valence-corrected chi connectivity index (χ4v) is 3.62. The van der Waals surface area contributed by atoms with Crippen molar-refractivity contribution >= 4 is 23.0 Å². The van der Waals surface area contributed by atoms with E-state index in [1.54, 1.807) is 20.4 Å². The molecule has 0 unspecified atom stereocenters. The van der Waals surface area contributed by atoms with Crippen molar-refractivity contribution in [2.24, 2.45) is 0 Å². The quantitative estimate of drug-likeness (QED) is 0.685. The first kappa shape index (κ1) is 19.1. The van der Waals surface area contributed by atoms with Gasteiger partial charge >= 0.3 is 0 Å². The maximum Gasteiger partial charge on any atom is 0.294 e. The zero-order valence-corrected chi connectivity index (χ0v) is 16.7. The van der Waals surface area contributed by atoms with Crippen LogP contribution in [0.4, 0.5) is 5.69 Å². The largest absolute Gasteiger partial charge is 0.378 e. The van der Waals surface area contributed by atoms with Gasteiger partial charge in [-0.3, -0.25) is 14.0 Å². The Morgan fingerprint density at radius 3 is 2.66 bits per heavy atom. The Labute approximate surface area is 169 Å². The third-order valence-corrected chi connectivity index (χ3v) is 5.12. The van der Waals surface area contributed by atoms with Crippen LogP contribution in [0.15, 0.2) is 48.7 Å². The lowest BCUT2D eigenvalue weighted by molar-refractivity contribution is 0.0300. The Morgan fingerprint density at radius 2 is 1.93 bits per heavy atom. The van der Waals surface area contributed by atoms with Gasteiger partial charge < -0.3 is 14.5 Å². The number of aromatic nitrogens is 2. The van der Waals surface area contributed by atoms with Crippen molar-refractivity contribution in [1.29, 1.82) is 0 Å². The molecule has 1 saturated heterocycles. The number of rotatable bonds is 4. The van der Waals surface area contributed by atoms with Gasteiger partial charge in [-0.1, -0.05) is 18.2 Å². The van der Waals surface area contributed by atoms with Gasteiger partial charge in [-0.25, -0.2) is 4.98 Å². The summed E-state index contributed by atoms with van der Waals surface area (Å²) in [5.41, 5.74) is 2.82. The van der Waals surface area contributed by atoms with E-state index in [9.17, 15) is 9.59 Å². The van der Waals surface area contributed by atoms with Crippen molar-refractivity contribution < 1.29 is 14.3 Å². The zero-order valence-electron chi connectivity index (χ0n) is 16.7. The number of imidazole rings is 1. The van der Waals surface area contributed by atoms with Crippen LogP contribution in [0.25, 0.3) is 5.52 Å². The number of amides is 2. The van der Waals surface area contributed by atoms with Gasteiger partial charge in [0.05, 0.1) is 18.7 Å². The molecule has 7 heteroatoms. The summed E-state index contributed by atoms with van der Waals surface area (Å²) in [6.45, 7) is 6.50. The van der Waals surface area contributed by atoms with Crippen LogP contribution in [0, 0.1) is 6.92 Å². The van der Waals surface area contributed by atoms with Gasteiger partial charge in [-0.05, 0) is 43.7 Å². The van der Waals surface area contributed by atoms with E-state index in [4.69, 9.17) is 4.74 Å². The smallest absolute Gasteiger partial charge is 0.294 e. The first-order chi connectivity index (χ1) is 14.1. The molecule has 2 amide bonds. The van der Waals surface area contributed by atoms with E-state index in [2.05, 4.69) is 4.98 Å². The topological polar surface area (TPSA) is 67.2 Å². The molecule has 4 rings (SSSR count). The molecule has 7 nitrogen and oxygen atoms in total. The average Bonchev–Trinajstić information content (AvgIpc) is 3.14. The first-order valence-electron chi connectivity index (χ1n) is 9.82. The highest BCUT2D eigenvalue weighted by Gasteiger charge is 2.28. The Bertz CT molecular complexity index is 1050. The predicted molar refractivity (Wildman–Crippen MR) is 110 cm³/mol. The molecule has 1 fully saturated rings. The molecule has 3 heterocycles. The van der Waals surface area contributed by atoms with Crippen LogP contribution in [0.2, 0.25) is 0 Å². The second-order valence-electron chi connectivity index (χ2n) is 7.03. The Balaban J connectivity index is 1.75. The summed E-state index contributed by atoms with van der Waals surface area (Å²) in [7, 11) is 0. The summed E-state index contributed by atoms with van der Waals surface area (Å²) in [6, 6.07) is 13.3. The highest BCUT2D eigenvalue weighted by molar-refractivity contribution is 6.07. The zero-order chi connectivity index (χ0) is 20.4. The molecule has 3 aromatic rings. The molecule has 0 saturated carbocycles. The number of carbonyl (C=O) groups excluding carboxylic acids is 2. The maximum atomic E-state index is 13.4. The summed E-state index contributed by atoms with van der Waals surface area (Å²) in [6.07, 6.45) is 1.77. The van der Waals surface area contributed by atoms with Crippen molar-refractivity contribution in [1.82, 2.24) is 14.3 Å². The Hall–Kier alpha value is -3.19. The number of hydrogen-bond acceptors (Lipinski definition) is 4. The van der Waals surface area contributed by atoms with E-state index < -0.39 is 0 Å². The van der Waals surface area contributed by atoms with Crippen molar-refractivity contribution in [3.8, 4) is 0 Å². The lowest BCUT2D eigenvalue weighted by atomic mass is 10.2. The molecule has 1 aromatic carbocycles. The lowest BCUT2D eigenvalue weighted by Crippen LogP contribution is -2.41. The number of nitrogens with zero attached hydrogens (tertiary/aromatic N) is 4. The molecule has 1 aliphatic heterocycles. The molecule has 2 aromatic heterocycles. The molecule has 0 radical (unpaired) electrons. The number of pyridine rings is 1. The van der Waals surface area contributed by atoms with Crippen molar-refractivity contribution in [2.45, 2.75) is 13.8 Å².